The molecule has 0 aliphatic rings. The van der Waals surface area contributed by atoms with Crippen molar-refractivity contribution in [2.45, 2.75) is 12.5 Å². The number of hydrogen-bond donors (Lipinski definition) is 0. The van der Waals surface area contributed by atoms with Gasteiger partial charge in [0.05, 0.1) is 13.0 Å². The summed E-state index contributed by atoms with van der Waals surface area (Å²) in [4.78, 5) is 1.17. The Bertz CT molecular complexity index is 527. The van der Waals surface area contributed by atoms with Gasteiger partial charge in [-0.3, -0.25) is 0 Å². The van der Waals surface area contributed by atoms with E-state index in [0.29, 0.717) is 12.5 Å². The summed E-state index contributed by atoms with van der Waals surface area (Å²) < 4.78 is 12.0. The summed E-state index contributed by atoms with van der Waals surface area (Å²) in [6, 6.07) is 7.70. The molecular formula is C13H12BrClO2S. The lowest BCUT2D eigenvalue weighted by Crippen LogP contribution is -1.96. The van der Waals surface area contributed by atoms with Crippen LogP contribution in [0.15, 0.2) is 34.1 Å². The number of alkyl halides is 1. The third-order valence-corrected chi connectivity index (χ3v) is 4.36. The molecular weight excluding hydrogens is 336 g/mol. The van der Waals surface area contributed by atoms with Gasteiger partial charge in [0, 0.05) is 20.3 Å². The van der Waals surface area contributed by atoms with E-state index in [1.54, 1.807) is 18.4 Å². The summed E-state index contributed by atoms with van der Waals surface area (Å²) in [5.41, 5.74) is 0.937. The predicted molar refractivity (Wildman–Crippen MR) is 78.9 cm³/mol. The highest BCUT2D eigenvalue weighted by Crippen LogP contribution is 2.27. The van der Waals surface area contributed by atoms with Crippen LogP contribution in [-0.4, -0.2) is 7.11 Å². The van der Waals surface area contributed by atoms with Gasteiger partial charge in [-0.05, 0) is 40.2 Å². The molecule has 96 valence electrons. The lowest BCUT2D eigenvalue weighted by Gasteiger charge is -2.10. The number of ether oxygens (including phenoxy) is 2. The quantitative estimate of drug-likeness (QED) is 0.721. The highest BCUT2D eigenvalue weighted by atomic mass is 79.9. The Labute approximate surface area is 124 Å². The molecule has 0 saturated heterocycles. The van der Waals surface area contributed by atoms with Crippen molar-refractivity contribution < 1.29 is 9.47 Å². The fraction of sp³-hybridized carbons (Fsp3) is 0.231. The van der Waals surface area contributed by atoms with Crippen LogP contribution in [0.1, 0.15) is 10.4 Å². The third kappa shape index (κ3) is 3.40. The Morgan fingerprint density at radius 2 is 2.17 bits per heavy atom. The fourth-order valence-corrected chi connectivity index (χ4v) is 3.08. The first kappa shape index (κ1) is 13.7. The van der Waals surface area contributed by atoms with Crippen LogP contribution in [0.25, 0.3) is 0 Å². The molecule has 2 rings (SSSR count). The molecule has 1 aromatic carbocycles. The molecule has 0 fully saturated rings. The van der Waals surface area contributed by atoms with E-state index in [1.165, 1.54) is 4.88 Å². The van der Waals surface area contributed by atoms with Gasteiger partial charge in [-0.1, -0.05) is 0 Å². The summed E-state index contributed by atoms with van der Waals surface area (Å²) >= 11 is 11.0. The Morgan fingerprint density at radius 3 is 2.78 bits per heavy atom. The van der Waals surface area contributed by atoms with Crippen LogP contribution in [0.5, 0.6) is 11.5 Å². The zero-order chi connectivity index (χ0) is 13.0. The third-order valence-electron chi connectivity index (χ3n) is 2.40. The van der Waals surface area contributed by atoms with Crippen LogP contribution in [-0.2, 0) is 12.5 Å². The predicted octanol–water partition coefficient (Wildman–Crippen LogP) is 4.84. The fourth-order valence-electron chi connectivity index (χ4n) is 1.51. The van der Waals surface area contributed by atoms with E-state index in [2.05, 4.69) is 22.0 Å². The summed E-state index contributed by atoms with van der Waals surface area (Å²) in [5.74, 6) is 1.99. The van der Waals surface area contributed by atoms with Gasteiger partial charge in [-0.15, -0.1) is 22.9 Å². The molecule has 0 unspecified atom stereocenters. The zero-order valence-electron chi connectivity index (χ0n) is 9.78. The first-order chi connectivity index (χ1) is 8.72. The van der Waals surface area contributed by atoms with Crippen LogP contribution in [0.4, 0.5) is 0 Å². The molecule has 0 aliphatic heterocycles. The summed E-state index contributed by atoms with van der Waals surface area (Å²) in [7, 11) is 1.64. The van der Waals surface area contributed by atoms with Crippen molar-refractivity contribution in [3.8, 4) is 11.5 Å². The van der Waals surface area contributed by atoms with Crippen molar-refractivity contribution in [3.05, 3.63) is 44.6 Å². The average Bonchev–Trinajstić information content (AvgIpc) is 2.82. The molecule has 0 aliphatic carbocycles. The first-order valence-electron chi connectivity index (χ1n) is 5.31. The maximum atomic E-state index is 5.91. The maximum absolute atomic E-state index is 5.91. The van der Waals surface area contributed by atoms with Crippen molar-refractivity contribution in [2.24, 2.45) is 0 Å². The SMILES string of the molecule is COc1ccc(OCc2cc(Br)cs2)c(CCl)c1. The van der Waals surface area contributed by atoms with Crippen LogP contribution < -0.4 is 9.47 Å². The second-order valence-corrected chi connectivity index (χ2v) is 5.81. The summed E-state index contributed by atoms with van der Waals surface area (Å²) in [6.45, 7) is 0.548. The molecule has 5 heteroatoms. The van der Waals surface area contributed by atoms with E-state index in [1.807, 2.05) is 23.6 Å². The van der Waals surface area contributed by atoms with Crippen LogP contribution in [0, 0.1) is 0 Å². The van der Waals surface area contributed by atoms with E-state index < -0.39 is 0 Å². The maximum Gasteiger partial charge on any atom is 0.124 e. The minimum absolute atomic E-state index is 0.403. The van der Waals surface area contributed by atoms with Crippen molar-refractivity contribution in [2.75, 3.05) is 7.11 Å². The van der Waals surface area contributed by atoms with Gasteiger partial charge in [0.25, 0.3) is 0 Å². The van der Waals surface area contributed by atoms with Gasteiger partial charge in [-0.2, -0.15) is 0 Å². The van der Waals surface area contributed by atoms with Crippen molar-refractivity contribution in [3.63, 3.8) is 0 Å². The molecule has 2 nitrogen and oxygen atoms in total. The molecule has 0 radical (unpaired) electrons. The Morgan fingerprint density at radius 1 is 1.33 bits per heavy atom. The minimum atomic E-state index is 0.403. The smallest absolute Gasteiger partial charge is 0.124 e. The summed E-state index contributed by atoms with van der Waals surface area (Å²) in [6.07, 6.45) is 0. The highest BCUT2D eigenvalue weighted by Gasteiger charge is 2.06. The number of benzene rings is 1. The average molecular weight is 348 g/mol. The standard InChI is InChI=1S/C13H12BrClO2S/c1-16-11-2-3-13(9(4-11)6-15)17-7-12-5-10(14)8-18-12/h2-5,8H,6-7H2,1H3. The zero-order valence-corrected chi connectivity index (χ0v) is 12.9. The van der Waals surface area contributed by atoms with Gasteiger partial charge in [0.15, 0.2) is 0 Å². The summed E-state index contributed by atoms with van der Waals surface area (Å²) in [5, 5.41) is 2.04. The first-order valence-corrected chi connectivity index (χ1v) is 7.52. The molecule has 0 atom stereocenters. The number of hydrogen-bond acceptors (Lipinski definition) is 3. The second kappa shape index (κ2) is 6.45. The molecule has 0 saturated carbocycles. The largest absolute Gasteiger partial charge is 0.497 e. The van der Waals surface area contributed by atoms with Crippen LogP contribution in [0.2, 0.25) is 0 Å². The van der Waals surface area contributed by atoms with Crippen molar-refractivity contribution >= 4 is 38.9 Å². The molecule has 0 amide bonds. The monoisotopic (exact) mass is 346 g/mol. The van der Waals surface area contributed by atoms with Gasteiger partial charge in [-0.25, -0.2) is 0 Å². The Balaban J connectivity index is 2.08. The number of rotatable bonds is 5. The normalized spacial score (nSPS) is 10.4. The van der Waals surface area contributed by atoms with E-state index in [-0.39, 0.29) is 0 Å². The molecule has 0 bridgehead atoms. The molecule has 1 aromatic heterocycles. The van der Waals surface area contributed by atoms with Gasteiger partial charge in [0.1, 0.15) is 18.1 Å². The molecule has 2 aromatic rings. The van der Waals surface area contributed by atoms with Crippen LogP contribution in [0.3, 0.4) is 0 Å². The van der Waals surface area contributed by atoms with Crippen molar-refractivity contribution in [1.82, 2.24) is 0 Å². The minimum Gasteiger partial charge on any atom is -0.497 e. The second-order valence-electron chi connectivity index (χ2n) is 3.63. The molecule has 1 heterocycles. The lowest BCUT2D eigenvalue weighted by molar-refractivity contribution is 0.306. The van der Waals surface area contributed by atoms with Gasteiger partial charge >= 0.3 is 0 Å². The highest BCUT2D eigenvalue weighted by molar-refractivity contribution is 9.10. The van der Waals surface area contributed by atoms with E-state index >= 15 is 0 Å². The Kier molecular flexibility index (Phi) is 4.92. The van der Waals surface area contributed by atoms with Gasteiger partial charge in [0.2, 0.25) is 0 Å². The number of halogens is 2. The van der Waals surface area contributed by atoms with E-state index in [9.17, 15) is 0 Å². The van der Waals surface area contributed by atoms with E-state index in [4.69, 9.17) is 21.1 Å². The molecule has 0 N–H and O–H groups in total. The molecule has 18 heavy (non-hydrogen) atoms. The van der Waals surface area contributed by atoms with Crippen LogP contribution >= 0.6 is 38.9 Å². The van der Waals surface area contributed by atoms with Gasteiger partial charge < -0.3 is 9.47 Å². The Hall–Kier alpha value is -0.710. The number of thiophene rings is 1. The van der Waals surface area contributed by atoms with E-state index in [0.717, 1.165) is 21.5 Å². The number of methoxy groups -OCH3 is 1. The lowest BCUT2D eigenvalue weighted by atomic mass is 10.2. The topological polar surface area (TPSA) is 18.5 Å². The van der Waals surface area contributed by atoms with Crippen molar-refractivity contribution in [1.29, 1.82) is 0 Å². The molecule has 0 spiro atoms.